The fraction of sp³-hybridized carbons (Fsp3) is 1.00. The van der Waals surface area contributed by atoms with Crippen LogP contribution in [0, 0.1) is 5.92 Å². The van der Waals surface area contributed by atoms with Crippen molar-refractivity contribution in [2.45, 2.75) is 47.0 Å². The van der Waals surface area contributed by atoms with Gasteiger partial charge in [0.1, 0.15) is 0 Å². The highest BCUT2D eigenvalue weighted by Gasteiger charge is 2.04. The van der Waals surface area contributed by atoms with Crippen molar-refractivity contribution in [1.82, 2.24) is 10.2 Å². The van der Waals surface area contributed by atoms with Crippen molar-refractivity contribution in [3.63, 3.8) is 0 Å². The summed E-state index contributed by atoms with van der Waals surface area (Å²) < 4.78 is 0. The van der Waals surface area contributed by atoms with Gasteiger partial charge in [-0.25, -0.2) is 0 Å². The number of nitrogens with zero attached hydrogens (tertiary/aromatic N) is 1. The lowest BCUT2D eigenvalue weighted by Crippen LogP contribution is -2.36. The Morgan fingerprint density at radius 3 is 2.36 bits per heavy atom. The standard InChI is InChI=1S/C12H28N2/c1-5-7-9-14(11-13-6-2)10-8-12(3)4/h12-13H,5-11H2,1-4H3. The molecular formula is C12H28N2. The van der Waals surface area contributed by atoms with Gasteiger partial charge < -0.3 is 5.32 Å². The highest BCUT2D eigenvalue weighted by atomic mass is 15.2. The molecule has 0 saturated carbocycles. The fourth-order valence-corrected chi connectivity index (χ4v) is 1.36. The molecule has 86 valence electrons. The van der Waals surface area contributed by atoms with Crippen LogP contribution in [0.15, 0.2) is 0 Å². The summed E-state index contributed by atoms with van der Waals surface area (Å²) in [4.78, 5) is 2.53. The van der Waals surface area contributed by atoms with Gasteiger partial charge in [-0.15, -0.1) is 0 Å². The summed E-state index contributed by atoms with van der Waals surface area (Å²) in [6, 6.07) is 0. The number of unbranched alkanes of at least 4 members (excludes halogenated alkanes) is 1. The molecular weight excluding hydrogens is 172 g/mol. The van der Waals surface area contributed by atoms with Crippen LogP contribution in [0.3, 0.4) is 0 Å². The van der Waals surface area contributed by atoms with Crippen LogP contribution in [-0.4, -0.2) is 31.2 Å². The van der Waals surface area contributed by atoms with Crippen molar-refractivity contribution in [3.8, 4) is 0 Å². The Morgan fingerprint density at radius 1 is 1.14 bits per heavy atom. The van der Waals surface area contributed by atoms with E-state index in [9.17, 15) is 0 Å². The van der Waals surface area contributed by atoms with Gasteiger partial charge in [-0.3, -0.25) is 4.90 Å². The molecule has 0 atom stereocenters. The Balaban J connectivity index is 3.60. The molecule has 0 amide bonds. The first kappa shape index (κ1) is 13.9. The summed E-state index contributed by atoms with van der Waals surface area (Å²) in [6.45, 7) is 13.6. The molecule has 0 aromatic carbocycles. The zero-order valence-corrected chi connectivity index (χ0v) is 10.5. The predicted octanol–water partition coefficient (Wildman–Crippen LogP) is 2.70. The van der Waals surface area contributed by atoms with Crippen LogP contribution in [0.5, 0.6) is 0 Å². The van der Waals surface area contributed by atoms with E-state index in [2.05, 4.69) is 37.9 Å². The predicted molar refractivity (Wildman–Crippen MR) is 64.5 cm³/mol. The SMILES string of the molecule is CCCCN(CCC(C)C)CNCC. The second-order valence-corrected chi connectivity index (χ2v) is 4.42. The van der Waals surface area contributed by atoms with E-state index in [0.717, 1.165) is 19.1 Å². The van der Waals surface area contributed by atoms with Crippen molar-refractivity contribution < 1.29 is 0 Å². The maximum Gasteiger partial charge on any atom is 0.0480 e. The van der Waals surface area contributed by atoms with Gasteiger partial charge in [-0.05, 0) is 38.4 Å². The molecule has 0 aromatic heterocycles. The average Bonchev–Trinajstić information content (AvgIpc) is 2.16. The topological polar surface area (TPSA) is 15.3 Å². The summed E-state index contributed by atoms with van der Waals surface area (Å²) in [7, 11) is 0. The zero-order valence-electron chi connectivity index (χ0n) is 10.5. The van der Waals surface area contributed by atoms with Gasteiger partial charge >= 0.3 is 0 Å². The molecule has 0 saturated heterocycles. The van der Waals surface area contributed by atoms with Crippen molar-refractivity contribution in [2.75, 3.05) is 26.3 Å². The molecule has 14 heavy (non-hydrogen) atoms. The lowest BCUT2D eigenvalue weighted by molar-refractivity contribution is 0.237. The molecule has 2 nitrogen and oxygen atoms in total. The largest absolute Gasteiger partial charge is 0.305 e. The fourth-order valence-electron chi connectivity index (χ4n) is 1.36. The summed E-state index contributed by atoms with van der Waals surface area (Å²) >= 11 is 0. The molecule has 0 unspecified atom stereocenters. The molecule has 0 bridgehead atoms. The van der Waals surface area contributed by atoms with Crippen LogP contribution in [0.25, 0.3) is 0 Å². The Labute approximate surface area is 90.1 Å². The molecule has 0 rings (SSSR count). The molecule has 0 fully saturated rings. The van der Waals surface area contributed by atoms with Gasteiger partial charge in [0.2, 0.25) is 0 Å². The van der Waals surface area contributed by atoms with Crippen molar-refractivity contribution >= 4 is 0 Å². The van der Waals surface area contributed by atoms with E-state index in [1.807, 2.05) is 0 Å². The molecule has 0 aliphatic heterocycles. The minimum absolute atomic E-state index is 0.820. The van der Waals surface area contributed by atoms with E-state index >= 15 is 0 Å². The normalized spacial score (nSPS) is 11.6. The Morgan fingerprint density at radius 2 is 1.86 bits per heavy atom. The Hall–Kier alpha value is -0.0800. The highest BCUT2D eigenvalue weighted by molar-refractivity contribution is 4.58. The van der Waals surface area contributed by atoms with Crippen LogP contribution in [-0.2, 0) is 0 Å². The first-order chi connectivity index (χ1) is 6.70. The lowest BCUT2D eigenvalue weighted by Gasteiger charge is -2.23. The van der Waals surface area contributed by atoms with Crippen molar-refractivity contribution in [1.29, 1.82) is 0 Å². The van der Waals surface area contributed by atoms with E-state index < -0.39 is 0 Å². The van der Waals surface area contributed by atoms with Gasteiger partial charge in [0.15, 0.2) is 0 Å². The lowest BCUT2D eigenvalue weighted by atomic mass is 10.1. The van der Waals surface area contributed by atoms with Crippen LogP contribution < -0.4 is 5.32 Å². The Kier molecular flexibility index (Phi) is 9.42. The Bertz CT molecular complexity index is 105. The summed E-state index contributed by atoms with van der Waals surface area (Å²) in [5.74, 6) is 0.820. The third-order valence-electron chi connectivity index (χ3n) is 2.44. The second-order valence-electron chi connectivity index (χ2n) is 4.42. The number of hydrogen-bond acceptors (Lipinski definition) is 2. The first-order valence-corrected chi connectivity index (χ1v) is 6.13. The summed E-state index contributed by atoms with van der Waals surface area (Å²) in [5.41, 5.74) is 0. The van der Waals surface area contributed by atoms with Gasteiger partial charge in [-0.1, -0.05) is 34.1 Å². The van der Waals surface area contributed by atoms with E-state index in [0.29, 0.717) is 0 Å². The van der Waals surface area contributed by atoms with Crippen LogP contribution >= 0.6 is 0 Å². The van der Waals surface area contributed by atoms with E-state index in [-0.39, 0.29) is 0 Å². The molecule has 0 spiro atoms. The van der Waals surface area contributed by atoms with Gasteiger partial charge in [0, 0.05) is 6.67 Å². The van der Waals surface area contributed by atoms with Gasteiger partial charge in [-0.2, -0.15) is 0 Å². The maximum absolute atomic E-state index is 3.41. The third kappa shape index (κ3) is 8.52. The molecule has 0 aromatic rings. The second kappa shape index (κ2) is 9.47. The van der Waals surface area contributed by atoms with Gasteiger partial charge in [0.25, 0.3) is 0 Å². The van der Waals surface area contributed by atoms with Crippen LogP contribution in [0.4, 0.5) is 0 Å². The maximum atomic E-state index is 3.41. The summed E-state index contributed by atoms with van der Waals surface area (Å²) in [5, 5.41) is 3.41. The van der Waals surface area contributed by atoms with Crippen molar-refractivity contribution in [3.05, 3.63) is 0 Å². The summed E-state index contributed by atoms with van der Waals surface area (Å²) in [6.07, 6.45) is 3.93. The van der Waals surface area contributed by atoms with E-state index in [1.165, 1.54) is 32.4 Å². The molecule has 0 heterocycles. The zero-order chi connectivity index (χ0) is 10.8. The number of rotatable bonds is 9. The molecule has 2 heteroatoms. The average molecular weight is 200 g/mol. The first-order valence-electron chi connectivity index (χ1n) is 6.13. The molecule has 0 radical (unpaired) electrons. The minimum atomic E-state index is 0.820. The number of hydrogen-bond donors (Lipinski definition) is 1. The highest BCUT2D eigenvalue weighted by Crippen LogP contribution is 2.02. The molecule has 0 aliphatic carbocycles. The molecule has 0 aliphatic rings. The minimum Gasteiger partial charge on any atom is -0.305 e. The quantitative estimate of drug-likeness (QED) is 0.576. The van der Waals surface area contributed by atoms with Crippen LogP contribution in [0.1, 0.15) is 47.0 Å². The smallest absolute Gasteiger partial charge is 0.0480 e. The monoisotopic (exact) mass is 200 g/mol. The third-order valence-corrected chi connectivity index (χ3v) is 2.44. The molecule has 1 N–H and O–H groups in total. The van der Waals surface area contributed by atoms with E-state index in [1.54, 1.807) is 0 Å². The van der Waals surface area contributed by atoms with Crippen molar-refractivity contribution in [2.24, 2.45) is 5.92 Å². The van der Waals surface area contributed by atoms with Crippen LogP contribution in [0.2, 0.25) is 0 Å². The van der Waals surface area contributed by atoms with Gasteiger partial charge in [0.05, 0.1) is 0 Å². The number of nitrogens with one attached hydrogen (secondary N) is 1. The van der Waals surface area contributed by atoms with E-state index in [4.69, 9.17) is 0 Å².